The van der Waals surface area contributed by atoms with Crippen LogP contribution >= 0.6 is 11.3 Å². The molecule has 3 aromatic rings. The Morgan fingerprint density at radius 1 is 0.864 bits per heavy atom. The lowest BCUT2D eigenvalue weighted by molar-refractivity contribution is 0.415. The number of hydrogen-bond acceptors (Lipinski definition) is 2. The largest absolute Gasteiger partial charge is 0.497 e. The van der Waals surface area contributed by atoms with Gasteiger partial charge in [0.25, 0.3) is 0 Å². The van der Waals surface area contributed by atoms with Crippen molar-refractivity contribution in [1.29, 1.82) is 0 Å². The van der Waals surface area contributed by atoms with Gasteiger partial charge in [0.2, 0.25) is 0 Å². The molecular weight excluding hydrogens is 288 g/mol. The van der Waals surface area contributed by atoms with Gasteiger partial charge in [-0.3, -0.25) is 0 Å². The molecule has 0 N–H and O–H groups in total. The van der Waals surface area contributed by atoms with Crippen LogP contribution in [-0.2, 0) is 0 Å². The summed E-state index contributed by atoms with van der Waals surface area (Å²) in [6.07, 6.45) is 0. The van der Waals surface area contributed by atoms with Crippen LogP contribution < -0.4 is 4.74 Å². The van der Waals surface area contributed by atoms with Crippen molar-refractivity contribution >= 4 is 11.3 Å². The first kappa shape index (κ1) is 14.4. The van der Waals surface area contributed by atoms with Gasteiger partial charge in [-0.1, -0.05) is 41.7 Å². The second-order valence-electron chi connectivity index (χ2n) is 5.01. The third-order valence-electron chi connectivity index (χ3n) is 3.44. The van der Waals surface area contributed by atoms with Gasteiger partial charge in [-0.05, 0) is 48.2 Å². The van der Waals surface area contributed by atoms with Crippen LogP contribution in [0.15, 0.2) is 60.0 Å². The van der Waals surface area contributed by atoms with Crippen molar-refractivity contribution in [2.75, 3.05) is 7.11 Å². The zero-order chi connectivity index (χ0) is 15.4. The van der Waals surface area contributed by atoms with E-state index >= 15 is 0 Å². The minimum Gasteiger partial charge on any atom is -0.497 e. The number of ether oxygens (including phenoxy) is 1. The summed E-state index contributed by atoms with van der Waals surface area (Å²) in [5.41, 5.74) is 4.63. The highest BCUT2D eigenvalue weighted by molar-refractivity contribution is 7.11. The van der Waals surface area contributed by atoms with Crippen LogP contribution in [0.25, 0.3) is 11.1 Å². The maximum absolute atomic E-state index is 5.21. The molecule has 1 nitrogen and oxygen atoms in total. The van der Waals surface area contributed by atoms with E-state index in [0.29, 0.717) is 0 Å². The average molecular weight is 304 g/mol. The first-order valence-electron chi connectivity index (χ1n) is 7.07. The van der Waals surface area contributed by atoms with Crippen LogP contribution in [0.4, 0.5) is 0 Å². The van der Waals surface area contributed by atoms with Crippen LogP contribution in [0.3, 0.4) is 0 Å². The Kier molecular flexibility index (Phi) is 4.27. The molecule has 0 saturated carbocycles. The Morgan fingerprint density at radius 3 is 2.27 bits per heavy atom. The molecule has 0 amide bonds. The fourth-order valence-corrected chi connectivity index (χ4v) is 2.93. The summed E-state index contributed by atoms with van der Waals surface area (Å²) in [7, 11) is 1.68. The van der Waals surface area contributed by atoms with E-state index in [4.69, 9.17) is 4.74 Å². The van der Waals surface area contributed by atoms with E-state index in [-0.39, 0.29) is 0 Å². The average Bonchev–Trinajstić information content (AvgIpc) is 3.03. The highest BCUT2D eigenvalue weighted by Crippen LogP contribution is 2.29. The van der Waals surface area contributed by atoms with Gasteiger partial charge in [0.1, 0.15) is 5.75 Å². The molecule has 0 aliphatic rings. The van der Waals surface area contributed by atoms with Crippen LogP contribution in [0.1, 0.15) is 16.0 Å². The lowest BCUT2D eigenvalue weighted by Gasteiger charge is -2.02. The number of methoxy groups -OCH3 is 1. The summed E-state index contributed by atoms with van der Waals surface area (Å²) >= 11 is 1.67. The van der Waals surface area contributed by atoms with E-state index < -0.39 is 0 Å². The minimum absolute atomic E-state index is 0.867. The SMILES string of the molecule is COc1ccc(-c2ccsc2C#Cc2ccc(C)cc2)cc1. The minimum atomic E-state index is 0.867. The molecule has 1 heterocycles. The summed E-state index contributed by atoms with van der Waals surface area (Å²) in [6.45, 7) is 2.08. The van der Waals surface area contributed by atoms with E-state index in [1.54, 1.807) is 18.4 Å². The van der Waals surface area contributed by atoms with Crippen molar-refractivity contribution in [2.24, 2.45) is 0 Å². The van der Waals surface area contributed by atoms with Crippen LogP contribution in [0, 0.1) is 18.8 Å². The molecular formula is C20H16OS. The normalized spacial score (nSPS) is 9.91. The predicted octanol–water partition coefficient (Wildman–Crippen LogP) is 5.13. The quantitative estimate of drug-likeness (QED) is 0.596. The zero-order valence-electron chi connectivity index (χ0n) is 12.6. The van der Waals surface area contributed by atoms with Gasteiger partial charge < -0.3 is 4.74 Å². The molecule has 3 rings (SSSR count). The molecule has 0 saturated heterocycles. The molecule has 1 aromatic heterocycles. The van der Waals surface area contributed by atoms with E-state index in [1.807, 2.05) is 12.1 Å². The summed E-state index contributed by atoms with van der Waals surface area (Å²) in [5.74, 6) is 7.40. The molecule has 2 heteroatoms. The molecule has 0 fully saturated rings. The number of benzene rings is 2. The van der Waals surface area contributed by atoms with Gasteiger partial charge in [0.05, 0.1) is 12.0 Å². The Balaban J connectivity index is 1.90. The smallest absolute Gasteiger partial charge is 0.118 e. The number of hydrogen-bond donors (Lipinski definition) is 0. The third kappa shape index (κ3) is 3.21. The maximum atomic E-state index is 5.21. The second kappa shape index (κ2) is 6.51. The standard InChI is InChI=1S/C20H16OS/c1-15-3-5-16(6-4-15)7-12-20-19(13-14-22-20)17-8-10-18(21-2)11-9-17/h3-6,8-11,13-14H,1-2H3. The van der Waals surface area contributed by atoms with Crippen LogP contribution in [-0.4, -0.2) is 7.11 Å². The fourth-order valence-electron chi connectivity index (χ4n) is 2.17. The van der Waals surface area contributed by atoms with Crippen LogP contribution in [0.5, 0.6) is 5.75 Å². The van der Waals surface area contributed by atoms with Crippen molar-refractivity contribution in [3.63, 3.8) is 0 Å². The summed E-state index contributed by atoms with van der Waals surface area (Å²) < 4.78 is 5.21. The van der Waals surface area contributed by atoms with Gasteiger partial charge in [-0.2, -0.15) is 0 Å². The summed E-state index contributed by atoms with van der Waals surface area (Å²) in [5, 5.41) is 2.08. The number of rotatable bonds is 2. The van der Waals surface area contributed by atoms with Gasteiger partial charge in [0, 0.05) is 11.1 Å². The molecule has 2 aromatic carbocycles. The predicted molar refractivity (Wildman–Crippen MR) is 93.5 cm³/mol. The second-order valence-corrected chi connectivity index (χ2v) is 5.92. The molecule has 0 aliphatic heterocycles. The Labute approximate surface area is 135 Å². The van der Waals surface area contributed by atoms with Crippen molar-refractivity contribution < 1.29 is 4.74 Å². The highest BCUT2D eigenvalue weighted by atomic mass is 32.1. The lowest BCUT2D eigenvalue weighted by atomic mass is 10.1. The maximum Gasteiger partial charge on any atom is 0.118 e. The Hall–Kier alpha value is -2.50. The monoisotopic (exact) mass is 304 g/mol. The molecule has 108 valence electrons. The first-order chi connectivity index (χ1) is 10.8. The van der Waals surface area contributed by atoms with Crippen molar-refractivity contribution in [1.82, 2.24) is 0 Å². The van der Waals surface area contributed by atoms with Gasteiger partial charge in [0.15, 0.2) is 0 Å². The summed E-state index contributed by atoms with van der Waals surface area (Å²) in [6, 6.07) is 18.5. The molecule has 0 radical (unpaired) electrons. The third-order valence-corrected chi connectivity index (χ3v) is 4.27. The zero-order valence-corrected chi connectivity index (χ0v) is 13.4. The van der Waals surface area contributed by atoms with Crippen LogP contribution in [0.2, 0.25) is 0 Å². The van der Waals surface area contributed by atoms with E-state index in [0.717, 1.165) is 21.8 Å². The highest BCUT2D eigenvalue weighted by Gasteiger charge is 2.05. The molecule has 0 atom stereocenters. The number of thiophene rings is 1. The molecule has 0 unspecified atom stereocenters. The topological polar surface area (TPSA) is 9.23 Å². The van der Waals surface area contributed by atoms with Gasteiger partial charge in [-0.15, -0.1) is 11.3 Å². The van der Waals surface area contributed by atoms with E-state index in [9.17, 15) is 0 Å². The van der Waals surface area contributed by atoms with Crippen molar-refractivity contribution in [3.05, 3.63) is 76.0 Å². The lowest BCUT2D eigenvalue weighted by Crippen LogP contribution is -1.83. The molecule has 22 heavy (non-hydrogen) atoms. The van der Waals surface area contributed by atoms with Crippen molar-refractivity contribution in [3.8, 4) is 28.7 Å². The molecule has 0 spiro atoms. The van der Waals surface area contributed by atoms with Gasteiger partial charge in [-0.25, -0.2) is 0 Å². The Morgan fingerprint density at radius 2 is 1.59 bits per heavy atom. The number of aryl methyl sites for hydroxylation is 1. The summed E-state index contributed by atoms with van der Waals surface area (Å²) in [4.78, 5) is 1.09. The van der Waals surface area contributed by atoms with E-state index in [1.165, 1.54) is 11.1 Å². The molecule has 0 aliphatic carbocycles. The Bertz CT molecular complexity index is 815. The van der Waals surface area contributed by atoms with Crippen molar-refractivity contribution in [2.45, 2.75) is 6.92 Å². The first-order valence-corrected chi connectivity index (χ1v) is 7.95. The van der Waals surface area contributed by atoms with E-state index in [2.05, 4.69) is 66.6 Å². The van der Waals surface area contributed by atoms with Gasteiger partial charge >= 0.3 is 0 Å². The molecule has 0 bridgehead atoms. The fraction of sp³-hybridized carbons (Fsp3) is 0.100.